The number of allylic oxidation sites excluding steroid dienone is 1. The molecule has 0 amide bonds. The average molecular weight is 602 g/mol. The fourth-order valence-electron chi connectivity index (χ4n) is 7.79. The van der Waals surface area contributed by atoms with Crippen LogP contribution in [-0.4, -0.2) is 9.13 Å². The van der Waals surface area contributed by atoms with E-state index in [2.05, 4.69) is 130 Å². The molecule has 0 aliphatic heterocycles. The number of nitriles is 1. The molecule has 1 aliphatic carbocycles. The van der Waals surface area contributed by atoms with E-state index in [1.54, 1.807) is 0 Å². The predicted molar refractivity (Wildman–Crippen MR) is 192 cm³/mol. The summed E-state index contributed by atoms with van der Waals surface area (Å²) >= 11 is 0. The number of nitrogens with zero attached hydrogens (tertiary/aromatic N) is 3. The summed E-state index contributed by atoms with van der Waals surface area (Å²) in [6.07, 6.45) is 6.56. The number of hydrogen-bond donors (Lipinski definition) is 0. The summed E-state index contributed by atoms with van der Waals surface area (Å²) < 4.78 is 11.0. The first-order valence-electron chi connectivity index (χ1n) is 16.1. The Morgan fingerprint density at radius 3 is 2.09 bits per heavy atom. The molecule has 6 aromatic carbocycles. The summed E-state index contributed by atoms with van der Waals surface area (Å²) in [6, 6.07) is 47.0. The van der Waals surface area contributed by atoms with Crippen molar-refractivity contribution in [3.8, 4) is 28.6 Å². The molecule has 1 aliphatic rings. The van der Waals surface area contributed by atoms with Crippen LogP contribution in [0.4, 0.5) is 0 Å². The summed E-state index contributed by atoms with van der Waals surface area (Å²) in [5, 5.41) is 16.2. The van der Waals surface area contributed by atoms with E-state index in [0.29, 0.717) is 5.56 Å². The molecular formula is C43H27N3O. The predicted octanol–water partition coefficient (Wildman–Crippen LogP) is 11.1. The monoisotopic (exact) mass is 601 g/mol. The van der Waals surface area contributed by atoms with Crippen LogP contribution in [0.15, 0.2) is 138 Å². The van der Waals surface area contributed by atoms with E-state index < -0.39 is 0 Å². The molecule has 3 heterocycles. The standard InChI is InChI=1S/C43H27N3O/c44-26-28-10-9-15-30(43(28)46-38-17-6-1-11-31(38)32-12-2-7-18-39(32)46)27-20-22-29(23-21-27)45-37-16-5-3-13-33(37)35-24-36-34-14-4-8-19-41(34)47-42(36)25-40(35)45/h1-4,6-15,17-25H,5,16H2. The number of hydrogen-bond acceptors (Lipinski definition) is 2. The molecule has 0 saturated heterocycles. The molecule has 0 atom stereocenters. The lowest BCUT2D eigenvalue weighted by molar-refractivity contribution is 0.669. The normalized spacial score (nSPS) is 12.8. The van der Waals surface area contributed by atoms with E-state index >= 15 is 0 Å². The zero-order valence-electron chi connectivity index (χ0n) is 25.4. The van der Waals surface area contributed by atoms with Crippen molar-refractivity contribution in [2.24, 2.45) is 0 Å². The molecule has 47 heavy (non-hydrogen) atoms. The summed E-state index contributed by atoms with van der Waals surface area (Å²) in [7, 11) is 0. The largest absolute Gasteiger partial charge is 0.456 e. The zero-order chi connectivity index (χ0) is 31.1. The van der Waals surface area contributed by atoms with Crippen LogP contribution in [0.5, 0.6) is 0 Å². The lowest BCUT2D eigenvalue weighted by Gasteiger charge is -2.17. The molecule has 0 spiro atoms. The topological polar surface area (TPSA) is 46.8 Å². The first kappa shape index (κ1) is 26.0. The third-order valence-corrected chi connectivity index (χ3v) is 9.84. The maximum Gasteiger partial charge on any atom is 0.137 e. The number of furan rings is 1. The van der Waals surface area contributed by atoms with Gasteiger partial charge in [0.15, 0.2) is 0 Å². The molecule has 0 N–H and O–H groups in total. The number of rotatable bonds is 3. The molecule has 9 aromatic rings. The van der Waals surface area contributed by atoms with Crippen molar-refractivity contribution in [3.05, 3.63) is 150 Å². The van der Waals surface area contributed by atoms with Crippen LogP contribution in [0.25, 0.3) is 83.2 Å². The molecule has 0 bridgehead atoms. The third-order valence-electron chi connectivity index (χ3n) is 9.84. The highest BCUT2D eigenvalue weighted by atomic mass is 16.3. The SMILES string of the molecule is N#Cc1cccc(-c2ccc(-n3c4c(c5cc6c(cc53)oc3ccccc36)C=CCC4)cc2)c1-n1c2ccccc2c2ccccc21. The second kappa shape index (κ2) is 9.84. The highest BCUT2D eigenvalue weighted by Gasteiger charge is 2.22. The summed E-state index contributed by atoms with van der Waals surface area (Å²) in [5.41, 5.74) is 12.5. The van der Waals surface area contributed by atoms with Gasteiger partial charge in [-0.15, -0.1) is 0 Å². The Balaban J connectivity index is 1.18. The van der Waals surface area contributed by atoms with Crippen LogP contribution in [0.2, 0.25) is 0 Å². The van der Waals surface area contributed by atoms with Gasteiger partial charge in [-0.05, 0) is 60.9 Å². The second-order valence-corrected chi connectivity index (χ2v) is 12.3. The first-order chi connectivity index (χ1) is 23.3. The van der Waals surface area contributed by atoms with Crippen LogP contribution in [0.1, 0.15) is 23.2 Å². The maximum atomic E-state index is 10.4. The van der Waals surface area contributed by atoms with Crippen molar-refractivity contribution in [2.75, 3.05) is 0 Å². The van der Waals surface area contributed by atoms with Crippen LogP contribution in [-0.2, 0) is 6.42 Å². The fraction of sp³-hybridized carbons (Fsp3) is 0.0465. The van der Waals surface area contributed by atoms with Gasteiger partial charge in [0.2, 0.25) is 0 Å². The second-order valence-electron chi connectivity index (χ2n) is 12.3. The number of fused-ring (bicyclic) bond motifs is 9. The molecule has 0 unspecified atom stereocenters. The van der Waals surface area contributed by atoms with E-state index in [4.69, 9.17) is 4.42 Å². The highest BCUT2D eigenvalue weighted by molar-refractivity contribution is 6.12. The first-order valence-corrected chi connectivity index (χ1v) is 16.1. The van der Waals surface area contributed by atoms with Crippen LogP contribution >= 0.6 is 0 Å². The van der Waals surface area contributed by atoms with Gasteiger partial charge in [-0.3, -0.25) is 0 Å². The van der Waals surface area contributed by atoms with Crippen molar-refractivity contribution in [1.82, 2.24) is 9.13 Å². The van der Waals surface area contributed by atoms with E-state index in [1.165, 1.54) is 27.4 Å². The molecule has 10 rings (SSSR count). The zero-order valence-corrected chi connectivity index (χ0v) is 25.4. The lowest BCUT2D eigenvalue weighted by Crippen LogP contribution is -2.03. The van der Waals surface area contributed by atoms with Gasteiger partial charge in [-0.1, -0.05) is 91.0 Å². The molecular weight excluding hydrogens is 574 g/mol. The van der Waals surface area contributed by atoms with Gasteiger partial charge in [-0.25, -0.2) is 0 Å². The Morgan fingerprint density at radius 1 is 0.596 bits per heavy atom. The minimum atomic E-state index is 0.644. The minimum absolute atomic E-state index is 0.644. The van der Waals surface area contributed by atoms with E-state index in [-0.39, 0.29) is 0 Å². The van der Waals surface area contributed by atoms with Gasteiger partial charge in [0, 0.05) is 55.5 Å². The smallest absolute Gasteiger partial charge is 0.137 e. The fourth-order valence-corrected chi connectivity index (χ4v) is 7.79. The van der Waals surface area contributed by atoms with Gasteiger partial charge in [0.1, 0.15) is 17.2 Å². The van der Waals surface area contributed by atoms with Crippen LogP contribution in [0.3, 0.4) is 0 Å². The Labute approximate surface area is 270 Å². The number of benzene rings is 6. The van der Waals surface area contributed by atoms with Gasteiger partial charge < -0.3 is 13.6 Å². The van der Waals surface area contributed by atoms with Gasteiger partial charge in [-0.2, -0.15) is 5.26 Å². The van der Waals surface area contributed by atoms with Crippen molar-refractivity contribution < 1.29 is 4.42 Å². The third kappa shape index (κ3) is 3.69. The van der Waals surface area contributed by atoms with Crippen LogP contribution < -0.4 is 0 Å². The van der Waals surface area contributed by atoms with Gasteiger partial charge >= 0.3 is 0 Å². The molecule has 4 heteroatoms. The Hall–Kier alpha value is -6.31. The molecule has 4 nitrogen and oxygen atoms in total. The van der Waals surface area contributed by atoms with Gasteiger partial charge in [0.05, 0.1) is 27.8 Å². The molecule has 3 aromatic heterocycles. The summed E-state index contributed by atoms with van der Waals surface area (Å²) in [5.74, 6) is 0. The number of para-hydroxylation sites is 4. The number of aromatic nitrogens is 2. The van der Waals surface area contributed by atoms with Crippen molar-refractivity contribution in [2.45, 2.75) is 12.8 Å². The lowest BCUT2D eigenvalue weighted by atomic mass is 9.99. The highest BCUT2D eigenvalue weighted by Crippen LogP contribution is 2.41. The quantitative estimate of drug-likeness (QED) is 0.202. The van der Waals surface area contributed by atoms with Gasteiger partial charge in [0.25, 0.3) is 0 Å². The minimum Gasteiger partial charge on any atom is -0.456 e. The van der Waals surface area contributed by atoms with Crippen LogP contribution in [0, 0.1) is 11.3 Å². The molecule has 0 fully saturated rings. The van der Waals surface area contributed by atoms with E-state index in [9.17, 15) is 5.26 Å². The van der Waals surface area contributed by atoms with E-state index in [1.807, 2.05) is 24.3 Å². The van der Waals surface area contributed by atoms with E-state index in [0.717, 1.165) is 73.8 Å². The average Bonchev–Trinajstić information content (AvgIpc) is 3.77. The molecule has 0 radical (unpaired) electrons. The Bertz CT molecular complexity index is 2740. The summed E-state index contributed by atoms with van der Waals surface area (Å²) in [6.45, 7) is 0. The Morgan fingerprint density at radius 2 is 1.32 bits per heavy atom. The maximum absolute atomic E-state index is 10.4. The molecule has 220 valence electrons. The summed E-state index contributed by atoms with van der Waals surface area (Å²) in [4.78, 5) is 0. The Kier molecular flexibility index (Phi) is 5.44. The van der Waals surface area contributed by atoms with Crippen molar-refractivity contribution in [1.29, 1.82) is 5.26 Å². The molecule has 0 saturated carbocycles. The van der Waals surface area contributed by atoms with Crippen molar-refractivity contribution in [3.63, 3.8) is 0 Å². The van der Waals surface area contributed by atoms with Crippen molar-refractivity contribution >= 4 is 60.7 Å².